The van der Waals surface area contributed by atoms with Crippen molar-refractivity contribution in [3.63, 3.8) is 0 Å². The van der Waals surface area contributed by atoms with Crippen LogP contribution in [0.2, 0.25) is 39.3 Å². The molecule has 0 amide bonds. The lowest BCUT2D eigenvalue weighted by Gasteiger charge is -2.05. The van der Waals surface area contributed by atoms with E-state index in [9.17, 15) is 0 Å². The van der Waals surface area contributed by atoms with Crippen LogP contribution in [0.4, 0.5) is 0 Å². The summed E-state index contributed by atoms with van der Waals surface area (Å²) in [5, 5.41) is 0. The van der Waals surface area contributed by atoms with Gasteiger partial charge in [0.25, 0.3) is 0 Å². The molecule has 0 radical (unpaired) electrons. The summed E-state index contributed by atoms with van der Waals surface area (Å²) in [7, 11) is -2.53. The minimum absolute atomic E-state index is 1.01. The fraction of sp³-hybridized carbons (Fsp3) is 0.556. The van der Waals surface area contributed by atoms with Crippen LogP contribution in [0.1, 0.15) is 25.7 Å². The molecule has 0 saturated carbocycles. The first-order valence-corrected chi connectivity index (χ1v) is 14.4. The van der Waals surface area contributed by atoms with Gasteiger partial charge in [-0.25, -0.2) is 0 Å². The average molecular weight is 303 g/mol. The molecular formula is C18H30Si2. The largest absolute Gasteiger partial charge is 0.129 e. The van der Waals surface area contributed by atoms with E-state index in [-0.39, 0.29) is 0 Å². The predicted molar refractivity (Wildman–Crippen MR) is 99.0 cm³/mol. The minimum atomic E-state index is -1.26. The number of rotatable bonds is 5. The summed E-state index contributed by atoms with van der Waals surface area (Å²) in [6.45, 7) is 21.6. The molecule has 0 rings (SSSR count). The molecule has 0 aliphatic carbocycles. The van der Waals surface area contributed by atoms with Gasteiger partial charge in [-0.05, 0) is 36.8 Å². The van der Waals surface area contributed by atoms with Gasteiger partial charge in [-0.1, -0.05) is 64.3 Å². The van der Waals surface area contributed by atoms with Crippen molar-refractivity contribution < 1.29 is 0 Å². The molecule has 0 aromatic heterocycles. The quantitative estimate of drug-likeness (QED) is 0.361. The van der Waals surface area contributed by atoms with Gasteiger partial charge in [0, 0.05) is 0 Å². The van der Waals surface area contributed by atoms with Gasteiger partial charge in [-0.15, -0.1) is 11.1 Å². The van der Waals surface area contributed by atoms with E-state index in [2.05, 4.69) is 75.4 Å². The first-order chi connectivity index (χ1) is 8.99. The molecule has 2 heteroatoms. The van der Waals surface area contributed by atoms with Crippen molar-refractivity contribution in [1.82, 2.24) is 0 Å². The lowest BCUT2D eigenvalue weighted by Crippen LogP contribution is -2.16. The maximum absolute atomic E-state index is 4.05. The molecule has 0 aliphatic heterocycles. The van der Waals surface area contributed by atoms with Crippen molar-refractivity contribution >= 4 is 16.1 Å². The number of hydrogen-bond acceptors (Lipinski definition) is 0. The minimum Gasteiger partial charge on any atom is -0.127 e. The van der Waals surface area contributed by atoms with Crippen LogP contribution in [0.3, 0.4) is 0 Å². The predicted octanol–water partition coefficient (Wildman–Crippen LogP) is 5.42. The summed E-state index contributed by atoms with van der Waals surface area (Å²) < 4.78 is 0. The smallest absolute Gasteiger partial charge is 0.127 e. The van der Waals surface area contributed by atoms with Crippen LogP contribution in [0.5, 0.6) is 0 Å². The molecule has 0 atom stereocenters. The molecule has 0 spiro atoms. The summed E-state index contributed by atoms with van der Waals surface area (Å²) in [5.41, 5.74) is 8.87. The average Bonchev–Trinajstić information content (AvgIpc) is 2.27. The van der Waals surface area contributed by atoms with Crippen LogP contribution in [-0.4, -0.2) is 16.1 Å². The van der Waals surface area contributed by atoms with Crippen LogP contribution in [0, 0.1) is 22.9 Å². The molecule has 0 nitrogen and oxygen atoms in total. The van der Waals surface area contributed by atoms with Crippen molar-refractivity contribution in [1.29, 1.82) is 0 Å². The van der Waals surface area contributed by atoms with E-state index < -0.39 is 16.1 Å². The third kappa shape index (κ3) is 13.5. The van der Waals surface area contributed by atoms with Crippen molar-refractivity contribution in [3.05, 3.63) is 24.3 Å². The van der Waals surface area contributed by atoms with Gasteiger partial charge in [-0.3, -0.25) is 0 Å². The van der Waals surface area contributed by atoms with E-state index in [0.717, 1.165) is 36.8 Å². The normalized spacial score (nSPS) is 10.9. The highest BCUT2D eigenvalue weighted by Crippen LogP contribution is 2.11. The Bertz CT molecular complexity index is 416. The van der Waals surface area contributed by atoms with E-state index in [1.165, 1.54) is 0 Å². The zero-order chi connectivity index (χ0) is 15.8. The van der Waals surface area contributed by atoms with Crippen molar-refractivity contribution in [3.8, 4) is 22.9 Å². The zero-order valence-electron chi connectivity index (χ0n) is 14.2. The van der Waals surface area contributed by atoms with E-state index in [1.807, 2.05) is 0 Å². The molecule has 0 unspecified atom stereocenters. The molecule has 0 aromatic rings. The van der Waals surface area contributed by atoms with Crippen LogP contribution in [-0.2, 0) is 0 Å². The topological polar surface area (TPSA) is 0 Å². The maximum atomic E-state index is 4.05. The Kier molecular flexibility index (Phi) is 7.95. The second kappa shape index (κ2) is 8.35. The number of hydrogen-bond donors (Lipinski definition) is 0. The summed E-state index contributed by atoms with van der Waals surface area (Å²) in [6.07, 6.45) is 4.28. The number of allylic oxidation sites excluding steroid dienone is 2. The Morgan fingerprint density at radius 3 is 1.25 bits per heavy atom. The van der Waals surface area contributed by atoms with E-state index in [1.54, 1.807) is 0 Å². The molecule has 0 heterocycles. The molecule has 0 aromatic carbocycles. The summed E-state index contributed by atoms with van der Waals surface area (Å²) in [4.78, 5) is 0. The lowest BCUT2D eigenvalue weighted by molar-refractivity contribution is 0.744. The monoisotopic (exact) mass is 302 g/mol. The summed E-state index contributed by atoms with van der Waals surface area (Å²) in [6, 6.07) is 0. The van der Waals surface area contributed by atoms with Crippen LogP contribution >= 0.6 is 0 Å². The van der Waals surface area contributed by atoms with Gasteiger partial charge < -0.3 is 0 Å². The molecule has 0 fully saturated rings. The highest BCUT2D eigenvalue weighted by Gasteiger charge is 2.08. The second-order valence-electron chi connectivity index (χ2n) is 7.41. The van der Waals surface area contributed by atoms with Gasteiger partial charge in [0.1, 0.15) is 16.1 Å². The van der Waals surface area contributed by atoms with E-state index in [0.29, 0.717) is 0 Å². The summed E-state index contributed by atoms with van der Waals surface area (Å²) >= 11 is 0. The molecule has 20 heavy (non-hydrogen) atoms. The van der Waals surface area contributed by atoms with Crippen LogP contribution in [0.15, 0.2) is 24.3 Å². The number of unbranched alkanes of at least 4 members (excludes halogenated alkanes) is 1. The molecule has 0 aliphatic rings. The van der Waals surface area contributed by atoms with Crippen LogP contribution in [0.25, 0.3) is 0 Å². The zero-order valence-corrected chi connectivity index (χ0v) is 16.2. The molecule has 110 valence electrons. The third-order valence-electron chi connectivity index (χ3n) is 2.44. The third-order valence-corrected chi connectivity index (χ3v) is 4.19. The highest BCUT2D eigenvalue weighted by atomic mass is 28.3. The Balaban J connectivity index is 3.97. The maximum Gasteiger partial charge on any atom is 0.129 e. The standard InChI is InChI=1S/C18H30Si2/c1-17(13-15-19(3,4)5)11-9-10-12-18(2)14-16-20(6,7)8/h1-2,9-12H2,3-8H3. The van der Waals surface area contributed by atoms with Crippen molar-refractivity contribution in [2.24, 2.45) is 0 Å². The molecule has 0 saturated heterocycles. The SMILES string of the molecule is C=C(C#C[Si](C)(C)C)CCCCC(=C)C#C[Si](C)(C)C. The molecular weight excluding hydrogens is 272 g/mol. The van der Waals surface area contributed by atoms with Gasteiger partial charge in [0.15, 0.2) is 0 Å². The van der Waals surface area contributed by atoms with E-state index in [4.69, 9.17) is 0 Å². The van der Waals surface area contributed by atoms with E-state index >= 15 is 0 Å². The second-order valence-corrected chi connectivity index (χ2v) is 16.9. The fourth-order valence-electron chi connectivity index (χ4n) is 1.35. The Morgan fingerprint density at radius 2 is 1.00 bits per heavy atom. The Morgan fingerprint density at radius 1 is 0.700 bits per heavy atom. The molecule has 0 N–H and O–H groups in total. The Labute approximate surface area is 128 Å². The first-order valence-electron chi connectivity index (χ1n) is 7.41. The fourth-order valence-corrected chi connectivity index (χ4v) is 2.46. The highest BCUT2D eigenvalue weighted by molar-refractivity contribution is 6.84. The lowest BCUT2D eigenvalue weighted by atomic mass is 10.1. The van der Waals surface area contributed by atoms with Crippen molar-refractivity contribution in [2.45, 2.75) is 65.0 Å². The van der Waals surface area contributed by atoms with Gasteiger partial charge in [-0.2, -0.15) is 0 Å². The van der Waals surface area contributed by atoms with Crippen molar-refractivity contribution in [2.75, 3.05) is 0 Å². The first kappa shape index (κ1) is 19.0. The van der Waals surface area contributed by atoms with Gasteiger partial charge in [0.2, 0.25) is 0 Å². The Hall–Kier alpha value is -0.966. The van der Waals surface area contributed by atoms with Gasteiger partial charge >= 0.3 is 0 Å². The van der Waals surface area contributed by atoms with Gasteiger partial charge in [0.05, 0.1) is 0 Å². The van der Waals surface area contributed by atoms with Crippen LogP contribution < -0.4 is 0 Å². The summed E-state index contributed by atoms with van der Waals surface area (Å²) in [5.74, 6) is 6.46. The molecule has 0 bridgehead atoms.